The van der Waals surface area contributed by atoms with Crippen molar-refractivity contribution in [3.05, 3.63) is 48.6 Å². The molecule has 0 saturated carbocycles. The van der Waals surface area contributed by atoms with E-state index in [1.807, 2.05) is 18.2 Å². The largest absolute Gasteiger partial charge is 0.478 e. The second-order valence-corrected chi connectivity index (χ2v) is 5.51. The Hall–Kier alpha value is -1.57. The van der Waals surface area contributed by atoms with Crippen molar-refractivity contribution in [3.63, 3.8) is 0 Å². The zero-order chi connectivity index (χ0) is 16.3. The molecule has 0 heterocycles. The Balaban J connectivity index is 3.35. The molecule has 0 radical (unpaired) electrons. The number of carbonyl (C=O) groups is 1. The van der Waals surface area contributed by atoms with Gasteiger partial charge in [-0.3, -0.25) is 0 Å². The van der Waals surface area contributed by atoms with Crippen LogP contribution in [0.1, 0.15) is 71.1 Å². The van der Waals surface area contributed by atoms with Gasteiger partial charge >= 0.3 is 5.97 Å². The fourth-order valence-corrected chi connectivity index (χ4v) is 2.14. The lowest BCUT2D eigenvalue weighted by Gasteiger charge is -2.00. The highest BCUT2D eigenvalue weighted by Gasteiger charge is 1.90. The highest BCUT2D eigenvalue weighted by Crippen LogP contribution is 2.10. The Bertz CT molecular complexity index is 362. The van der Waals surface area contributed by atoms with Crippen LogP contribution in [-0.4, -0.2) is 11.1 Å². The van der Waals surface area contributed by atoms with Gasteiger partial charge in [0.15, 0.2) is 0 Å². The first-order valence-electron chi connectivity index (χ1n) is 8.67. The summed E-state index contributed by atoms with van der Waals surface area (Å²) in [6, 6.07) is 0. The van der Waals surface area contributed by atoms with Crippen LogP contribution in [0.25, 0.3) is 0 Å². The third kappa shape index (κ3) is 18.4. The maximum absolute atomic E-state index is 10.2. The first-order chi connectivity index (χ1) is 10.8. The average molecular weight is 304 g/mol. The van der Waals surface area contributed by atoms with Gasteiger partial charge in [0.25, 0.3) is 0 Å². The van der Waals surface area contributed by atoms with Crippen molar-refractivity contribution in [1.29, 1.82) is 0 Å². The molecule has 0 unspecified atom stereocenters. The molecule has 1 N–H and O–H groups in total. The zero-order valence-electron chi connectivity index (χ0n) is 14.0. The van der Waals surface area contributed by atoms with E-state index >= 15 is 0 Å². The molecule has 22 heavy (non-hydrogen) atoms. The number of carboxylic acid groups (broad SMARTS) is 1. The van der Waals surface area contributed by atoms with Gasteiger partial charge in [0.2, 0.25) is 0 Å². The van der Waals surface area contributed by atoms with Crippen molar-refractivity contribution in [2.24, 2.45) is 0 Å². The molecule has 0 rings (SSSR count). The maximum atomic E-state index is 10.2. The number of allylic oxidation sites excluding steroid dienone is 7. The SMILES string of the molecule is CCCCCCCCCCC\C=C/C=C/C=C/C=C\C(=O)O. The van der Waals surface area contributed by atoms with Crippen LogP contribution in [0.2, 0.25) is 0 Å². The van der Waals surface area contributed by atoms with Crippen molar-refractivity contribution in [3.8, 4) is 0 Å². The minimum atomic E-state index is -0.922. The minimum Gasteiger partial charge on any atom is -0.478 e. The highest BCUT2D eigenvalue weighted by molar-refractivity contribution is 5.80. The minimum absolute atomic E-state index is 0.922. The normalized spacial score (nSPS) is 12.4. The molecule has 0 aliphatic rings. The second-order valence-electron chi connectivity index (χ2n) is 5.51. The Morgan fingerprint density at radius 2 is 1.23 bits per heavy atom. The topological polar surface area (TPSA) is 37.3 Å². The van der Waals surface area contributed by atoms with Gasteiger partial charge in [0.05, 0.1) is 0 Å². The van der Waals surface area contributed by atoms with Crippen LogP contribution in [0.4, 0.5) is 0 Å². The zero-order valence-corrected chi connectivity index (χ0v) is 14.0. The number of carboxylic acids is 1. The predicted molar refractivity (Wildman–Crippen MR) is 96.0 cm³/mol. The number of unbranched alkanes of at least 4 members (excludes halogenated alkanes) is 9. The average Bonchev–Trinajstić information content (AvgIpc) is 2.50. The second kappa shape index (κ2) is 17.5. The summed E-state index contributed by atoms with van der Waals surface area (Å²) >= 11 is 0. The first kappa shape index (κ1) is 20.4. The van der Waals surface area contributed by atoms with Gasteiger partial charge in [-0.1, -0.05) is 101 Å². The van der Waals surface area contributed by atoms with E-state index < -0.39 is 5.97 Å². The summed E-state index contributed by atoms with van der Waals surface area (Å²) in [5.41, 5.74) is 0. The summed E-state index contributed by atoms with van der Waals surface area (Å²) in [7, 11) is 0. The Labute approximate surface area is 136 Å². The van der Waals surface area contributed by atoms with Crippen LogP contribution in [0.15, 0.2) is 48.6 Å². The third-order valence-electron chi connectivity index (χ3n) is 3.40. The number of aliphatic carboxylic acids is 1. The fraction of sp³-hybridized carbons (Fsp3) is 0.550. The van der Waals surface area contributed by atoms with Gasteiger partial charge < -0.3 is 5.11 Å². The third-order valence-corrected chi connectivity index (χ3v) is 3.40. The molecule has 0 atom stereocenters. The molecule has 0 aromatic carbocycles. The molecule has 0 bridgehead atoms. The van der Waals surface area contributed by atoms with Crippen LogP contribution in [0, 0.1) is 0 Å². The van der Waals surface area contributed by atoms with Crippen LogP contribution in [-0.2, 0) is 4.79 Å². The molecular formula is C20H32O2. The lowest BCUT2D eigenvalue weighted by molar-refractivity contribution is -0.131. The number of hydrogen-bond donors (Lipinski definition) is 1. The molecule has 0 aromatic rings. The summed E-state index contributed by atoms with van der Waals surface area (Å²) in [6.07, 6.45) is 27.7. The van der Waals surface area contributed by atoms with Crippen LogP contribution >= 0.6 is 0 Å². The van der Waals surface area contributed by atoms with E-state index in [4.69, 9.17) is 5.11 Å². The predicted octanol–water partition coefficient (Wildman–Crippen LogP) is 6.22. The summed E-state index contributed by atoms with van der Waals surface area (Å²) in [5, 5.41) is 8.39. The van der Waals surface area contributed by atoms with E-state index in [9.17, 15) is 4.79 Å². The summed E-state index contributed by atoms with van der Waals surface area (Å²) in [5.74, 6) is -0.922. The van der Waals surface area contributed by atoms with E-state index in [2.05, 4.69) is 19.1 Å². The van der Waals surface area contributed by atoms with Crippen molar-refractivity contribution in [1.82, 2.24) is 0 Å². The van der Waals surface area contributed by atoms with Crippen molar-refractivity contribution in [2.75, 3.05) is 0 Å². The van der Waals surface area contributed by atoms with Gasteiger partial charge in [0, 0.05) is 6.08 Å². The molecule has 0 amide bonds. The number of hydrogen-bond acceptors (Lipinski definition) is 1. The Kier molecular flexibility index (Phi) is 16.2. The van der Waals surface area contributed by atoms with Crippen LogP contribution in [0.5, 0.6) is 0 Å². The molecule has 0 aromatic heterocycles. The van der Waals surface area contributed by atoms with E-state index in [0.29, 0.717) is 0 Å². The maximum Gasteiger partial charge on any atom is 0.328 e. The van der Waals surface area contributed by atoms with E-state index in [1.165, 1.54) is 63.9 Å². The van der Waals surface area contributed by atoms with Crippen LogP contribution < -0.4 is 0 Å². The molecule has 0 aliphatic carbocycles. The van der Waals surface area contributed by atoms with Crippen molar-refractivity contribution < 1.29 is 9.90 Å². The lowest BCUT2D eigenvalue weighted by atomic mass is 10.1. The molecule has 0 aliphatic heterocycles. The number of rotatable bonds is 14. The quantitative estimate of drug-likeness (QED) is 0.235. The van der Waals surface area contributed by atoms with Crippen molar-refractivity contribution in [2.45, 2.75) is 71.1 Å². The summed E-state index contributed by atoms with van der Waals surface area (Å²) < 4.78 is 0. The van der Waals surface area contributed by atoms with Gasteiger partial charge in [-0.2, -0.15) is 0 Å². The Morgan fingerprint density at radius 3 is 1.82 bits per heavy atom. The van der Waals surface area contributed by atoms with E-state index in [0.717, 1.165) is 12.5 Å². The molecule has 2 nitrogen and oxygen atoms in total. The van der Waals surface area contributed by atoms with Gasteiger partial charge in [-0.05, 0) is 12.8 Å². The van der Waals surface area contributed by atoms with Gasteiger partial charge in [-0.15, -0.1) is 0 Å². The van der Waals surface area contributed by atoms with Gasteiger partial charge in [-0.25, -0.2) is 4.79 Å². The Morgan fingerprint density at radius 1 is 0.727 bits per heavy atom. The lowest BCUT2D eigenvalue weighted by Crippen LogP contribution is -1.84. The molecular weight excluding hydrogens is 272 g/mol. The molecule has 2 heteroatoms. The summed E-state index contributed by atoms with van der Waals surface area (Å²) in [4.78, 5) is 10.2. The highest BCUT2D eigenvalue weighted by atomic mass is 16.4. The van der Waals surface area contributed by atoms with Crippen LogP contribution in [0.3, 0.4) is 0 Å². The molecule has 0 saturated heterocycles. The first-order valence-corrected chi connectivity index (χ1v) is 8.67. The molecule has 0 fully saturated rings. The van der Waals surface area contributed by atoms with Crippen molar-refractivity contribution >= 4 is 5.97 Å². The van der Waals surface area contributed by atoms with Gasteiger partial charge in [0.1, 0.15) is 0 Å². The monoisotopic (exact) mass is 304 g/mol. The molecule has 0 spiro atoms. The smallest absolute Gasteiger partial charge is 0.328 e. The standard InChI is InChI=1S/C20H32O2/c1-2-3-4-5-6-7-8-9-10-11-12-13-14-15-16-17-18-19-20(21)22/h12-19H,2-11H2,1H3,(H,21,22)/b13-12-,15-14+,17-16+,19-18-. The fourth-order valence-electron chi connectivity index (χ4n) is 2.14. The van der Waals surface area contributed by atoms with E-state index in [-0.39, 0.29) is 0 Å². The van der Waals surface area contributed by atoms with E-state index in [1.54, 1.807) is 6.08 Å². The molecule has 124 valence electrons. The summed E-state index contributed by atoms with van der Waals surface area (Å²) in [6.45, 7) is 2.26.